The molecule has 2 aromatic rings. The fourth-order valence-electron chi connectivity index (χ4n) is 1.50. The second-order valence-corrected chi connectivity index (χ2v) is 5.61. The number of carbonyl (C=O) groups is 1. The summed E-state index contributed by atoms with van der Waals surface area (Å²) >= 11 is 0. The van der Waals surface area contributed by atoms with Gasteiger partial charge in [-0.25, -0.2) is 17.9 Å². The molecule has 0 bridgehead atoms. The molecule has 1 aromatic carbocycles. The monoisotopic (exact) mass is 297 g/mol. The van der Waals surface area contributed by atoms with E-state index in [4.69, 9.17) is 10.8 Å². The van der Waals surface area contributed by atoms with E-state index in [-0.39, 0.29) is 22.7 Å². The Morgan fingerprint density at radius 2 is 2.15 bits per heavy atom. The Hall–Kier alpha value is -2.39. The van der Waals surface area contributed by atoms with Crippen LogP contribution < -0.4 is 10.5 Å². The predicted octanol–water partition coefficient (Wildman–Crippen LogP) is 0.433. The van der Waals surface area contributed by atoms with Crippen molar-refractivity contribution in [2.45, 2.75) is 11.4 Å². The lowest BCUT2D eigenvalue weighted by molar-refractivity contribution is 0.0697. The molecule has 9 heteroatoms. The molecule has 0 aliphatic carbocycles. The molecule has 1 aromatic heterocycles. The fraction of sp³-hybridized carbons (Fsp3) is 0.0909. The largest absolute Gasteiger partial charge is 0.478 e. The maximum atomic E-state index is 12.0. The highest BCUT2D eigenvalue weighted by Crippen LogP contribution is 2.20. The summed E-state index contributed by atoms with van der Waals surface area (Å²) in [5, 5.41) is 12.4. The van der Waals surface area contributed by atoms with Crippen LogP contribution in [0.1, 0.15) is 16.1 Å². The highest BCUT2D eigenvalue weighted by atomic mass is 32.2. The number of nitrogens with zero attached hydrogens (tertiary/aromatic N) is 1. The zero-order valence-electron chi connectivity index (χ0n) is 10.1. The van der Waals surface area contributed by atoms with Crippen LogP contribution in [0.4, 0.5) is 5.69 Å². The molecule has 1 heterocycles. The summed E-state index contributed by atoms with van der Waals surface area (Å²) < 4.78 is 30.9. The van der Waals surface area contributed by atoms with Crippen LogP contribution in [0.3, 0.4) is 0 Å². The number of anilines is 1. The van der Waals surface area contributed by atoms with Crippen molar-refractivity contribution < 1.29 is 22.8 Å². The molecule has 0 fully saturated rings. The van der Waals surface area contributed by atoms with Gasteiger partial charge in [0.1, 0.15) is 11.2 Å². The molecule has 0 saturated heterocycles. The summed E-state index contributed by atoms with van der Waals surface area (Å²) in [7, 11) is -3.86. The topological polar surface area (TPSA) is 136 Å². The molecular formula is C11H11N3O5S. The van der Waals surface area contributed by atoms with E-state index < -0.39 is 16.0 Å². The molecule has 2 rings (SSSR count). The molecule has 0 aliphatic rings. The zero-order chi connectivity index (χ0) is 14.8. The van der Waals surface area contributed by atoms with Crippen LogP contribution in [0, 0.1) is 0 Å². The Bertz CT molecular complexity index is 725. The average Bonchev–Trinajstić information content (AvgIpc) is 2.89. The molecule has 0 aliphatic heterocycles. The Labute approximate surface area is 114 Å². The van der Waals surface area contributed by atoms with E-state index in [0.29, 0.717) is 5.69 Å². The van der Waals surface area contributed by atoms with E-state index in [1.165, 1.54) is 18.4 Å². The molecule has 0 spiro atoms. The van der Waals surface area contributed by atoms with Crippen LogP contribution in [-0.2, 0) is 16.6 Å². The maximum absolute atomic E-state index is 12.0. The molecule has 106 valence electrons. The number of aromatic nitrogens is 1. The van der Waals surface area contributed by atoms with Gasteiger partial charge in [-0.05, 0) is 18.2 Å². The lowest BCUT2D eigenvalue weighted by atomic mass is 10.2. The summed E-state index contributed by atoms with van der Waals surface area (Å²) in [6.07, 6.45) is 1.32. The third-order valence-electron chi connectivity index (χ3n) is 2.48. The van der Waals surface area contributed by atoms with Crippen molar-refractivity contribution in [1.29, 1.82) is 0 Å². The van der Waals surface area contributed by atoms with Crippen LogP contribution >= 0.6 is 0 Å². The molecule has 0 saturated carbocycles. The molecule has 0 radical (unpaired) electrons. The summed E-state index contributed by atoms with van der Waals surface area (Å²) in [6.45, 7) is -0.0566. The number of sulfonamides is 1. The zero-order valence-corrected chi connectivity index (χ0v) is 10.9. The van der Waals surface area contributed by atoms with Crippen LogP contribution in [0.2, 0.25) is 0 Å². The normalized spacial score (nSPS) is 11.4. The molecule has 0 amide bonds. The molecule has 8 nitrogen and oxygen atoms in total. The molecule has 20 heavy (non-hydrogen) atoms. The highest BCUT2D eigenvalue weighted by Gasteiger charge is 2.19. The van der Waals surface area contributed by atoms with E-state index in [2.05, 4.69) is 14.4 Å². The van der Waals surface area contributed by atoms with Gasteiger partial charge in [0.15, 0.2) is 0 Å². The number of carboxylic acid groups (broad SMARTS) is 1. The number of rotatable bonds is 5. The number of benzene rings is 1. The average molecular weight is 297 g/mol. The van der Waals surface area contributed by atoms with Gasteiger partial charge in [-0.2, -0.15) is 0 Å². The lowest BCUT2D eigenvalue weighted by Gasteiger charge is -2.08. The first-order valence-corrected chi connectivity index (χ1v) is 6.90. The Balaban J connectivity index is 2.23. The summed E-state index contributed by atoms with van der Waals surface area (Å²) in [5.74, 6) is -1.18. The van der Waals surface area contributed by atoms with Crippen molar-refractivity contribution in [3.63, 3.8) is 0 Å². The van der Waals surface area contributed by atoms with Gasteiger partial charge in [-0.3, -0.25) is 0 Å². The number of hydrogen-bond acceptors (Lipinski definition) is 6. The van der Waals surface area contributed by atoms with Crippen molar-refractivity contribution in [2.24, 2.45) is 0 Å². The minimum atomic E-state index is -3.86. The maximum Gasteiger partial charge on any atom is 0.335 e. The summed E-state index contributed by atoms with van der Waals surface area (Å²) in [4.78, 5) is 10.6. The number of aromatic carboxylic acids is 1. The standard InChI is InChI=1S/C11H11N3O5S/c12-9-5-7(11(15)16)1-2-10(9)20(17,18)13-6-8-3-4-19-14-8/h1-5,13H,6,12H2,(H,15,16). The first kappa shape index (κ1) is 14.0. The van der Waals surface area contributed by atoms with Crippen LogP contribution in [0.25, 0.3) is 0 Å². The number of nitrogen functional groups attached to an aromatic ring is 1. The van der Waals surface area contributed by atoms with Crippen LogP contribution in [0.15, 0.2) is 39.9 Å². The predicted molar refractivity (Wildman–Crippen MR) is 68.3 cm³/mol. The van der Waals surface area contributed by atoms with Gasteiger partial charge in [-0.1, -0.05) is 5.16 Å². The smallest absolute Gasteiger partial charge is 0.335 e. The summed E-state index contributed by atoms with van der Waals surface area (Å²) in [6, 6.07) is 4.92. The molecule has 0 unspecified atom stereocenters. The van der Waals surface area contributed by atoms with Gasteiger partial charge in [0.2, 0.25) is 10.0 Å². The van der Waals surface area contributed by atoms with E-state index in [0.717, 1.165) is 12.1 Å². The third kappa shape index (κ3) is 2.95. The van der Waals surface area contributed by atoms with Crippen molar-refractivity contribution in [2.75, 3.05) is 5.73 Å². The van der Waals surface area contributed by atoms with Gasteiger partial charge in [0, 0.05) is 6.07 Å². The SMILES string of the molecule is Nc1cc(C(=O)O)ccc1S(=O)(=O)NCc1ccon1. The third-order valence-corrected chi connectivity index (χ3v) is 3.96. The number of hydrogen-bond donors (Lipinski definition) is 3. The van der Waals surface area contributed by atoms with Crippen LogP contribution in [-0.4, -0.2) is 24.7 Å². The van der Waals surface area contributed by atoms with Crippen molar-refractivity contribution in [3.8, 4) is 0 Å². The first-order valence-electron chi connectivity index (χ1n) is 5.42. The fourth-order valence-corrected chi connectivity index (χ4v) is 2.61. The Morgan fingerprint density at radius 3 is 2.70 bits per heavy atom. The first-order chi connectivity index (χ1) is 9.40. The van der Waals surface area contributed by atoms with Gasteiger partial charge in [0.05, 0.1) is 23.5 Å². The van der Waals surface area contributed by atoms with Crippen LogP contribution in [0.5, 0.6) is 0 Å². The number of carboxylic acids is 1. The minimum Gasteiger partial charge on any atom is -0.478 e. The number of nitrogens with two attached hydrogens (primary N) is 1. The molecule has 0 atom stereocenters. The molecule has 4 N–H and O–H groups in total. The van der Waals surface area contributed by atoms with Gasteiger partial charge in [0.25, 0.3) is 0 Å². The second-order valence-electron chi connectivity index (χ2n) is 3.87. The van der Waals surface area contributed by atoms with Gasteiger partial charge in [-0.15, -0.1) is 0 Å². The van der Waals surface area contributed by atoms with Crippen molar-refractivity contribution in [3.05, 3.63) is 41.8 Å². The van der Waals surface area contributed by atoms with E-state index in [9.17, 15) is 13.2 Å². The van der Waals surface area contributed by atoms with E-state index in [1.54, 1.807) is 0 Å². The van der Waals surface area contributed by atoms with Gasteiger partial charge < -0.3 is 15.4 Å². The lowest BCUT2D eigenvalue weighted by Crippen LogP contribution is -2.24. The quantitative estimate of drug-likeness (QED) is 0.681. The molecular weight excluding hydrogens is 286 g/mol. The minimum absolute atomic E-state index is 0.0566. The van der Waals surface area contributed by atoms with Crippen molar-refractivity contribution >= 4 is 21.7 Å². The Morgan fingerprint density at radius 1 is 1.40 bits per heavy atom. The van der Waals surface area contributed by atoms with Gasteiger partial charge >= 0.3 is 5.97 Å². The Kier molecular flexibility index (Phi) is 3.72. The summed E-state index contributed by atoms with van der Waals surface area (Å²) in [5.41, 5.74) is 5.76. The van der Waals surface area contributed by atoms with E-state index in [1.807, 2.05) is 0 Å². The second kappa shape index (κ2) is 5.31. The van der Waals surface area contributed by atoms with E-state index >= 15 is 0 Å². The van der Waals surface area contributed by atoms with Crippen molar-refractivity contribution in [1.82, 2.24) is 9.88 Å². The number of nitrogens with one attached hydrogen (secondary N) is 1. The highest BCUT2D eigenvalue weighted by molar-refractivity contribution is 7.89.